The highest BCUT2D eigenvalue weighted by molar-refractivity contribution is 6.07. The van der Waals surface area contributed by atoms with Gasteiger partial charge < -0.3 is 15.0 Å². The van der Waals surface area contributed by atoms with Crippen LogP contribution in [0.1, 0.15) is 53.4 Å². The third-order valence-corrected chi connectivity index (χ3v) is 5.65. The van der Waals surface area contributed by atoms with Gasteiger partial charge in [0.05, 0.1) is 6.54 Å². The zero-order valence-electron chi connectivity index (χ0n) is 22.7. The number of ether oxygens (including phenoxy) is 1. The van der Waals surface area contributed by atoms with Crippen molar-refractivity contribution < 1.29 is 14.3 Å². The summed E-state index contributed by atoms with van der Waals surface area (Å²) in [6.45, 7) is 9.60. The van der Waals surface area contributed by atoms with E-state index in [9.17, 15) is 9.59 Å². The highest BCUT2D eigenvalue weighted by atomic mass is 16.6. The number of nitrogens with zero attached hydrogens (tertiary/aromatic N) is 1. The van der Waals surface area contributed by atoms with Crippen LogP contribution in [0.2, 0.25) is 0 Å². The van der Waals surface area contributed by atoms with Crippen LogP contribution in [0.15, 0.2) is 66.7 Å². The normalized spacial score (nSPS) is 10.6. The number of amides is 2. The highest BCUT2D eigenvalue weighted by Crippen LogP contribution is 2.20. The van der Waals surface area contributed by atoms with Crippen molar-refractivity contribution in [3.05, 3.63) is 94.5 Å². The summed E-state index contributed by atoms with van der Waals surface area (Å²) in [6.07, 6.45) is -0.661. The van der Waals surface area contributed by atoms with Gasteiger partial charge in [-0.1, -0.05) is 30.0 Å². The molecular formula is C31H34N4O3. The van der Waals surface area contributed by atoms with Crippen molar-refractivity contribution in [1.29, 1.82) is 5.41 Å². The van der Waals surface area contributed by atoms with Crippen LogP contribution in [-0.4, -0.2) is 37.0 Å². The second-order valence-corrected chi connectivity index (χ2v) is 9.92. The number of alkyl carbamates (subject to hydrolysis) is 1. The van der Waals surface area contributed by atoms with Crippen molar-refractivity contribution in [1.82, 2.24) is 5.32 Å². The van der Waals surface area contributed by atoms with Gasteiger partial charge in [-0.15, -0.1) is 0 Å². The third-order valence-electron chi connectivity index (χ3n) is 5.65. The summed E-state index contributed by atoms with van der Waals surface area (Å²) in [5, 5.41) is 13.7. The number of carbonyl (C=O) groups is 2. The Kier molecular flexibility index (Phi) is 8.93. The van der Waals surface area contributed by atoms with E-state index in [1.54, 1.807) is 44.9 Å². The van der Waals surface area contributed by atoms with Gasteiger partial charge in [0.15, 0.2) is 0 Å². The number of hydrogen-bond donors (Lipinski definition) is 3. The van der Waals surface area contributed by atoms with Crippen LogP contribution in [0.4, 0.5) is 16.2 Å². The summed E-state index contributed by atoms with van der Waals surface area (Å²) in [7, 11) is 1.78. The molecule has 7 heteroatoms. The van der Waals surface area contributed by atoms with Crippen molar-refractivity contribution in [3.63, 3.8) is 0 Å². The van der Waals surface area contributed by atoms with Crippen LogP contribution in [0.25, 0.3) is 0 Å². The molecule has 0 unspecified atom stereocenters. The maximum Gasteiger partial charge on any atom is 0.413 e. The smallest absolute Gasteiger partial charge is 0.413 e. The van der Waals surface area contributed by atoms with Gasteiger partial charge in [-0.2, -0.15) is 0 Å². The minimum Gasteiger partial charge on any atom is -0.444 e. The van der Waals surface area contributed by atoms with Crippen molar-refractivity contribution in [2.24, 2.45) is 0 Å². The summed E-state index contributed by atoms with van der Waals surface area (Å²) in [6, 6.07) is 20.5. The molecule has 0 spiro atoms. The summed E-state index contributed by atoms with van der Waals surface area (Å²) >= 11 is 0. The first-order valence-electron chi connectivity index (χ1n) is 12.3. The molecule has 0 fully saturated rings. The molecule has 3 N–H and O–H groups in total. The van der Waals surface area contributed by atoms with Crippen LogP contribution in [0, 0.1) is 31.1 Å². The zero-order chi connectivity index (χ0) is 27.9. The fourth-order valence-electron chi connectivity index (χ4n) is 3.65. The number of nitrogens with one attached hydrogen (secondary N) is 3. The van der Waals surface area contributed by atoms with Crippen LogP contribution in [0.5, 0.6) is 0 Å². The number of benzene rings is 3. The molecule has 0 bridgehead atoms. The SMILES string of the molecule is Cc1cc(C(=O)N(C)c2ccccc2)c(C)cc1C#CCNc1ccc(C(=N)NC(=O)OC(C)(C)C)cc1. The Morgan fingerprint density at radius 2 is 1.63 bits per heavy atom. The van der Waals surface area contributed by atoms with Gasteiger partial charge in [0.2, 0.25) is 0 Å². The maximum absolute atomic E-state index is 13.1. The summed E-state index contributed by atoms with van der Waals surface area (Å²) in [5.74, 6) is 6.22. The van der Waals surface area contributed by atoms with Crippen LogP contribution in [-0.2, 0) is 4.74 Å². The summed E-state index contributed by atoms with van der Waals surface area (Å²) in [4.78, 5) is 26.6. The van der Waals surface area contributed by atoms with Crippen LogP contribution < -0.4 is 15.5 Å². The van der Waals surface area contributed by atoms with Crippen LogP contribution in [0.3, 0.4) is 0 Å². The van der Waals surface area contributed by atoms with Gasteiger partial charge in [0.1, 0.15) is 11.4 Å². The van der Waals surface area contributed by atoms with E-state index in [1.807, 2.05) is 68.4 Å². The van der Waals surface area contributed by atoms with E-state index in [-0.39, 0.29) is 11.7 Å². The number of rotatable bonds is 5. The molecule has 3 aromatic rings. The van der Waals surface area contributed by atoms with E-state index < -0.39 is 11.7 Å². The Morgan fingerprint density at radius 3 is 2.26 bits per heavy atom. The van der Waals surface area contributed by atoms with E-state index >= 15 is 0 Å². The first-order chi connectivity index (χ1) is 17.9. The lowest BCUT2D eigenvalue weighted by molar-refractivity contribution is 0.0563. The molecule has 3 aromatic carbocycles. The maximum atomic E-state index is 13.1. The molecule has 0 heterocycles. The molecule has 196 valence electrons. The molecule has 0 aliphatic carbocycles. The second kappa shape index (κ2) is 12.1. The average molecular weight is 511 g/mol. The van der Waals surface area contributed by atoms with Gasteiger partial charge in [-0.05, 0) is 94.3 Å². The summed E-state index contributed by atoms with van der Waals surface area (Å²) < 4.78 is 5.18. The van der Waals surface area contributed by atoms with Crippen molar-refractivity contribution in [2.45, 2.75) is 40.2 Å². The number of carbonyl (C=O) groups excluding carboxylic acids is 2. The summed E-state index contributed by atoms with van der Waals surface area (Å²) in [5.41, 5.74) is 4.96. The average Bonchev–Trinajstić information content (AvgIpc) is 2.87. The van der Waals surface area contributed by atoms with E-state index in [4.69, 9.17) is 10.1 Å². The van der Waals surface area contributed by atoms with Gasteiger partial charge >= 0.3 is 6.09 Å². The molecule has 3 rings (SSSR count). The van der Waals surface area contributed by atoms with Gasteiger partial charge in [0.25, 0.3) is 5.91 Å². The number of hydrogen-bond acceptors (Lipinski definition) is 5. The molecule has 38 heavy (non-hydrogen) atoms. The van der Waals surface area contributed by atoms with E-state index in [0.717, 1.165) is 28.1 Å². The topological polar surface area (TPSA) is 94.5 Å². The Balaban J connectivity index is 1.59. The molecule has 0 radical (unpaired) electrons. The van der Waals surface area contributed by atoms with Gasteiger partial charge in [-0.3, -0.25) is 15.5 Å². The lowest BCUT2D eigenvalue weighted by Crippen LogP contribution is -2.36. The monoisotopic (exact) mass is 510 g/mol. The first kappa shape index (κ1) is 28.0. The Hall–Kier alpha value is -4.57. The highest BCUT2D eigenvalue weighted by Gasteiger charge is 2.18. The van der Waals surface area contributed by atoms with Crippen LogP contribution >= 0.6 is 0 Å². The Morgan fingerprint density at radius 1 is 0.974 bits per heavy atom. The zero-order valence-corrected chi connectivity index (χ0v) is 22.7. The van der Waals surface area contributed by atoms with E-state index in [1.165, 1.54) is 0 Å². The van der Waals surface area contributed by atoms with E-state index in [2.05, 4.69) is 22.5 Å². The van der Waals surface area contributed by atoms with Crippen molar-refractivity contribution in [2.75, 3.05) is 23.8 Å². The predicted octanol–water partition coefficient (Wildman–Crippen LogP) is 5.89. The minimum absolute atomic E-state index is 0.0340. The predicted molar refractivity (Wildman–Crippen MR) is 153 cm³/mol. The van der Waals surface area contributed by atoms with Crippen molar-refractivity contribution in [3.8, 4) is 11.8 Å². The standard InChI is InChI=1S/C31H34N4O3/c1-21-20-27(29(36)35(6)26-12-8-7-9-13-26)22(2)19-24(21)11-10-18-33-25-16-14-23(15-17-25)28(32)34-30(37)38-31(3,4)5/h7-9,12-17,19-20,33H,18H2,1-6H3,(H2,32,34,37). The minimum atomic E-state index is -0.661. The molecule has 0 saturated heterocycles. The Bertz CT molecular complexity index is 1380. The van der Waals surface area contributed by atoms with E-state index in [0.29, 0.717) is 17.7 Å². The molecule has 0 aliphatic rings. The number of anilines is 2. The number of para-hydroxylation sites is 1. The van der Waals surface area contributed by atoms with Gasteiger partial charge in [0, 0.05) is 35.1 Å². The Labute approximate surface area is 224 Å². The quantitative estimate of drug-likeness (QED) is 0.226. The first-order valence-corrected chi connectivity index (χ1v) is 12.3. The fraction of sp³-hybridized carbons (Fsp3) is 0.258. The van der Waals surface area contributed by atoms with Crippen molar-refractivity contribution >= 4 is 29.2 Å². The molecule has 0 saturated carbocycles. The molecule has 0 aliphatic heterocycles. The largest absolute Gasteiger partial charge is 0.444 e. The fourth-order valence-corrected chi connectivity index (χ4v) is 3.65. The molecule has 7 nitrogen and oxygen atoms in total. The second-order valence-electron chi connectivity index (χ2n) is 9.92. The number of amidine groups is 1. The lowest BCUT2D eigenvalue weighted by atomic mass is 9.99. The van der Waals surface area contributed by atoms with Gasteiger partial charge in [-0.25, -0.2) is 4.79 Å². The number of aryl methyl sites for hydroxylation is 2. The third kappa shape index (κ3) is 7.71. The molecular weight excluding hydrogens is 476 g/mol. The lowest BCUT2D eigenvalue weighted by Gasteiger charge is -2.19. The molecule has 0 atom stereocenters. The molecule has 0 aromatic heterocycles. The molecule has 2 amide bonds.